The van der Waals surface area contributed by atoms with E-state index in [0.29, 0.717) is 4.47 Å². The van der Waals surface area contributed by atoms with Crippen LogP contribution in [0.15, 0.2) is 6.20 Å². The van der Waals surface area contributed by atoms with Crippen molar-refractivity contribution >= 4 is 22.9 Å². The molecule has 5 heteroatoms. The number of nitrogens with zero attached hydrogens (tertiary/aromatic N) is 2. The average Bonchev–Trinajstić information content (AvgIpc) is 2.48. The van der Waals surface area contributed by atoms with E-state index in [0.717, 1.165) is 19.7 Å². The molecule has 0 spiro atoms. The van der Waals surface area contributed by atoms with Crippen LogP contribution in [0.3, 0.4) is 0 Å². The second-order valence-electron chi connectivity index (χ2n) is 2.81. The van der Waals surface area contributed by atoms with Gasteiger partial charge in [-0.05, 0) is 7.05 Å². The summed E-state index contributed by atoms with van der Waals surface area (Å²) >= 11 is 7.23. The van der Waals surface area contributed by atoms with Crippen molar-refractivity contribution in [1.29, 1.82) is 0 Å². The molecule has 0 saturated carbocycles. The highest BCUT2D eigenvalue weighted by molar-refractivity contribution is 7.15. The van der Waals surface area contributed by atoms with Crippen molar-refractivity contribution in [3.05, 3.63) is 15.5 Å². The van der Waals surface area contributed by atoms with Crippen LogP contribution < -0.4 is 0 Å². The molecule has 1 rings (SSSR count). The number of hydrogen-bond acceptors (Lipinski definition) is 4. The highest BCUT2D eigenvalue weighted by Crippen LogP contribution is 2.18. The Hall–Kier alpha value is -0.160. The molecule has 0 bridgehead atoms. The molecule has 0 aliphatic carbocycles. The maximum absolute atomic E-state index is 5.71. The maximum atomic E-state index is 5.71. The van der Waals surface area contributed by atoms with Gasteiger partial charge in [-0.25, -0.2) is 4.98 Å². The molecule has 0 aliphatic rings. The van der Waals surface area contributed by atoms with Gasteiger partial charge in [-0.15, -0.1) is 11.3 Å². The Morgan fingerprint density at radius 1 is 1.69 bits per heavy atom. The lowest BCUT2D eigenvalue weighted by Gasteiger charge is -2.13. The molecule has 0 aliphatic heterocycles. The summed E-state index contributed by atoms with van der Waals surface area (Å²) in [4.78, 5) is 7.33. The van der Waals surface area contributed by atoms with Gasteiger partial charge in [-0.1, -0.05) is 11.6 Å². The number of likely N-dealkylation sites (N-methyl/N-ethyl adjacent to an activating group) is 1. The zero-order valence-electron chi connectivity index (χ0n) is 7.79. The van der Waals surface area contributed by atoms with Gasteiger partial charge in [0.25, 0.3) is 0 Å². The summed E-state index contributed by atoms with van der Waals surface area (Å²) in [6.45, 7) is 2.56. The number of halogens is 1. The molecule has 1 heterocycles. The molecule has 3 nitrogen and oxygen atoms in total. The number of thiazole rings is 1. The third kappa shape index (κ3) is 4.04. The highest BCUT2D eigenvalue weighted by atomic mass is 35.5. The van der Waals surface area contributed by atoms with E-state index >= 15 is 0 Å². The van der Waals surface area contributed by atoms with Crippen LogP contribution in [-0.4, -0.2) is 37.2 Å². The first kappa shape index (κ1) is 10.9. The molecule has 0 fully saturated rings. The predicted octanol–water partition coefficient (Wildman–Crippen LogP) is 1.87. The lowest BCUT2D eigenvalue weighted by atomic mass is 10.5. The Balaban J connectivity index is 2.31. The fraction of sp³-hybridized carbons (Fsp3) is 0.625. The molecule has 0 unspecified atom stereocenters. The van der Waals surface area contributed by atoms with E-state index in [9.17, 15) is 0 Å². The zero-order valence-corrected chi connectivity index (χ0v) is 9.36. The molecule has 0 amide bonds. The van der Waals surface area contributed by atoms with Gasteiger partial charge in [0.15, 0.2) is 4.47 Å². The Kier molecular flexibility index (Phi) is 4.66. The minimum Gasteiger partial charge on any atom is -0.383 e. The van der Waals surface area contributed by atoms with E-state index in [1.807, 2.05) is 13.2 Å². The fourth-order valence-electron chi connectivity index (χ4n) is 0.949. The van der Waals surface area contributed by atoms with Crippen LogP contribution in [0, 0.1) is 0 Å². The molecule has 0 radical (unpaired) electrons. The number of methoxy groups -OCH3 is 1. The third-order valence-corrected chi connectivity index (χ3v) is 2.73. The van der Waals surface area contributed by atoms with Gasteiger partial charge in [-0.2, -0.15) is 0 Å². The molecule has 13 heavy (non-hydrogen) atoms. The monoisotopic (exact) mass is 220 g/mol. The van der Waals surface area contributed by atoms with Gasteiger partial charge in [0.05, 0.1) is 6.61 Å². The van der Waals surface area contributed by atoms with Gasteiger partial charge >= 0.3 is 0 Å². The Morgan fingerprint density at radius 2 is 2.46 bits per heavy atom. The van der Waals surface area contributed by atoms with Gasteiger partial charge in [0.1, 0.15) is 0 Å². The van der Waals surface area contributed by atoms with E-state index in [-0.39, 0.29) is 0 Å². The van der Waals surface area contributed by atoms with Crippen LogP contribution in [-0.2, 0) is 11.3 Å². The van der Waals surface area contributed by atoms with Crippen molar-refractivity contribution in [2.24, 2.45) is 0 Å². The van der Waals surface area contributed by atoms with Crippen molar-refractivity contribution in [2.75, 3.05) is 27.3 Å². The topological polar surface area (TPSA) is 25.4 Å². The van der Waals surface area contributed by atoms with Crippen molar-refractivity contribution in [3.8, 4) is 0 Å². The van der Waals surface area contributed by atoms with Crippen LogP contribution in [0.4, 0.5) is 0 Å². The molecule has 1 aromatic rings. The maximum Gasteiger partial charge on any atom is 0.183 e. The second-order valence-corrected chi connectivity index (χ2v) is 4.51. The van der Waals surface area contributed by atoms with Gasteiger partial charge in [0.2, 0.25) is 0 Å². The molecule has 0 N–H and O–H groups in total. The van der Waals surface area contributed by atoms with Crippen molar-refractivity contribution < 1.29 is 4.74 Å². The Morgan fingerprint density at radius 3 is 3.00 bits per heavy atom. The molecule has 0 aromatic carbocycles. The number of hydrogen-bond donors (Lipinski definition) is 0. The average molecular weight is 221 g/mol. The van der Waals surface area contributed by atoms with Gasteiger partial charge in [-0.3, -0.25) is 4.90 Å². The quantitative estimate of drug-likeness (QED) is 0.758. The number of rotatable bonds is 5. The van der Waals surface area contributed by atoms with Crippen LogP contribution in [0.5, 0.6) is 0 Å². The van der Waals surface area contributed by atoms with E-state index in [2.05, 4.69) is 9.88 Å². The standard InChI is InChI=1S/C8H13ClN2OS/c1-11(3-4-12-2)6-7-5-10-8(9)13-7/h5H,3-4,6H2,1-2H3. The molecular weight excluding hydrogens is 208 g/mol. The zero-order chi connectivity index (χ0) is 9.68. The summed E-state index contributed by atoms with van der Waals surface area (Å²) < 4.78 is 5.58. The van der Waals surface area contributed by atoms with E-state index in [1.165, 1.54) is 16.2 Å². The first-order valence-electron chi connectivity index (χ1n) is 4.00. The normalized spacial score (nSPS) is 11.1. The second kappa shape index (κ2) is 5.54. The largest absolute Gasteiger partial charge is 0.383 e. The molecular formula is C8H13ClN2OS. The smallest absolute Gasteiger partial charge is 0.183 e. The van der Waals surface area contributed by atoms with Crippen molar-refractivity contribution in [3.63, 3.8) is 0 Å². The summed E-state index contributed by atoms with van der Waals surface area (Å²) in [7, 11) is 3.75. The number of ether oxygens (including phenoxy) is 1. The molecule has 1 aromatic heterocycles. The van der Waals surface area contributed by atoms with E-state index in [1.54, 1.807) is 7.11 Å². The predicted molar refractivity (Wildman–Crippen MR) is 55.3 cm³/mol. The summed E-state index contributed by atoms with van der Waals surface area (Å²) in [5.74, 6) is 0. The third-order valence-electron chi connectivity index (χ3n) is 1.63. The minimum absolute atomic E-state index is 0.607. The Bertz CT molecular complexity index is 254. The van der Waals surface area contributed by atoms with E-state index in [4.69, 9.17) is 16.3 Å². The van der Waals surface area contributed by atoms with Crippen LogP contribution in [0.25, 0.3) is 0 Å². The molecule has 0 saturated heterocycles. The summed E-state index contributed by atoms with van der Waals surface area (Å²) in [6.07, 6.45) is 1.82. The lowest BCUT2D eigenvalue weighted by molar-refractivity contribution is 0.159. The molecule has 0 atom stereocenters. The molecule has 74 valence electrons. The first-order chi connectivity index (χ1) is 6.22. The van der Waals surface area contributed by atoms with Gasteiger partial charge in [0, 0.05) is 31.3 Å². The van der Waals surface area contributed by atoms with Crippen LogP contribution in [0.2, 0.25) is 4.47 Å². The number of aromatic nitrogens is 1. The van der Waals surface area contributed by atoms with Crippen LogP contribution >= 0.6 is 22.9 Å². The summed E-state index contributed by atoms with van der Waals surface area (Å²) in [6, 6.07) is 0. The lowest BCUT2D eigenvalue weighted by Crippen LogP contribution is -2.21. The first-order valence-corrected chi connectivity index (χ1v) is 5.19. The van der Waals surface area contributed by atoms with Gasteiger partial charge < -0.3 is 4.74 Å². The van der Waals surface area contributed by atoms with E-state index < -0.39 is 0 Å². The van der Waals surface area contributed by atoms with Crippen molar-refractivity contribution in [2.45, 2.75) is 6.54 Å². The fourth-order valence-corrected chi connectivity index (χ4v) is 2.01. The highest BCUT2D eigenvalue weighted by Gasteiger charge is 2.03. The van der Waals surface area contributed by atoms with Crippen molar-refractivity contribution in [1.82, 2.24) is 9.88 Å². The van der Waals surface area contributed by atoms with Crippen LogP contribution in [0.1, 0.15) is 4.88 Å². The minimum atomic E-state index is 0.607. The summed E-state index contributed by atoms with van der Waals surface area (Å²) in [5.41, 5.74) is 0. The SMILES string of the molecule is COCCN(C)Cc1cnc(Cl)s1. The Labute approximate surface area is 87.3 Å². The summed E-state index contributed by atoms with van der Waals surface area (Å²) in [5, 5.41) is 0.